The van der Waals surface area contributed by atoms with Gasteiger partial charge in [0.1, 0.15) is 5.75 Å². The second-order valence-electron chi connectivity index (χ2n) is 2.28. The summed E-state index contributed by atoms with van der Waals surface area (Å²) in [4.78, 5) is 0. The molecule has 0 unspecified atom stereocenters. The molecule has 0 atom stereocenters. The fourth-order valence-electron chi connectivity index (χ4n) is 0.784. The monoisotopic (exact) mass is 253 g/mol. The summed E-state index contributed by atoms with van der Waals surface area (Å²) in [7, 11) is 0. The van der Waals surface area contributed by atoms with Gasteiger partial charge in [-0.25, -0.2) is 0 Å². The van der Waals surface area contributed by atoms with E-state index in [9.17, 15) is 13.2 Å². The Kier molecular flexibility index (Phi) is 2.85. The number of rotatable bonds is 1. The van der Waals surface area contributed by atoms with Gasteiger partial charge in [-0.05, 0) is 34.5 Å². The Hall–Kier alpha value is -0.710. The number of hydrogen-bond acceptors (Lipinski definition) is 1. The number of ether oxygens (including phenoxy) is 1. The average Bonchev–Trinajstić information content (AvgIpc) is 1.95. The van der Waals surface area contributed by atoms with E-state index in [1.54, 1.807) is 6.07 Å². The van der Waals surface area contributed by atoms with Crippen LogP contribution in [0.1, 0.15) is 5.56 Å². The molecule has 0 bridgehead atoms. The van der Waals surface area contributed by atoms with Crippen molar-refractivity contribution in [2.75, 3.05) is 0 Å². The fourth-order valence-corrected chi connectivity index (χ4v) is 1.27. The first kappa shape index (κ1) is 10.4. The van der Waals surface area contributed by atoms with Gasteiger partial charge in [0.25, 0.3) is 0 Å². The van der Waals surface area contributed by atoms with E-state index in [-0.39, 0.29) is 15.8 Å². The van der Waals surface area contributed by atoms with Gasteiger partial charge in [-0.1, -0.05) is 12.1 Å². The summed E-state index contributed by atoms with van der Waals surface area (Å²) in [5.41, 5.74) is 0.187. The standard InChI is InChI=1S/C8H5BrF3O/c1-5-3-2-4-6(9)7(5)13-8(10,11)12/h2-4H,1H2. The highest BCUT2D eigenvalue weighted by Crippen LogP contribution is 2.32. The highest BCUT2D eigenvalue weighted by atomic mass is 79.9. The molecule has 71 valence electrons. The van der Waals surface area contributed by atoms with Gasteiger partial charge in [-0.3, -0.25) is 0 Å². The van der Waals surface area contributed by atoms with Gasteiger partial charge >= 0.3 is 6.36 Å². The van der Waals surface area contributed by atoms with Gasteiger partial charge in [-0.2, -0.15) is 0 Å². The lowest BCUT2D eigenvalue weighted by molar-refractivity contribution is -0.275. The van der Waals surface area contributed by atoms with Crippen LogP contribution >= 0.6 is 15.9 Å². The molecular formula is C8H5BrF3O. The van der Waals surface area contributed by atoms with Crippen molar-refractivity contribution in [1.29, 1.82) is 0 Å². The molecule has 0 fully saturated rings. The first-order valence-electron chi connectivity index (χ1n) is 3.26. The predicted molar refractivity (Wildman–Crippen MR) is 45.3 cm³/mol. The number of hydrogen-bond donors (Lipinski definition) is 0. The normalized spacial score (nSPS) is 11.5. The van der Waals surface area contributed by atoms with Crippen LogP contribution in [0.5, 0.6) is 5.75 Å². The molecule has 0 aliphatic heterocycles. The van der Waals surface area contributed by atoms with E-state index in [4.69, 9.17) is 0 Å². The molecule has 1 aromatic carbocycles. The Balaban J connectivity index is 3.00. The van der Waals surface area contributed by atoms with Crippen molar-refractivity contribution in [1.82, 2.24) is 0 Å². The predicted octanol–water partition coefficient (Wildman–Crippen LogP) is 3.53. The summed E-state index contributed by atoms with van der Waals surface area (Å²) >= 11 is 2.93. The fraction of sp³-hybridized carbons (Fsp3) is 0.125. The van der Waals surface area contributed by atoms with Crippen LogP contribution in [0.15, 0.2) is 22.7 Å². The summed E-state index contributed by atoms with van der Waals surface area (Å²) in [6, 6.07) is 4.47. The van der Waals surface area contributed by atoms with Crippen molar-refractivity contribution in [3.63, 3.8) is 0 Å². The van der Waals surface area contributed by atoms with Crippen LogP contribution in [-0.4, -0.2) is 6.36 Å². The molecule has 0 saturated carbocycles. The van der Waals surface area contributed by atoms with Crippen LogP contribution in [0.25, 0.3) is 0 Å². The van der Waals surface area contributed by atoms with Gasteiger partial charge in [0.2, 0.25) is 0 Å². The minimum Gasteiger partial charge on any atom is -0.404 e. The van der Waals surface area contributed by atoms with Gasteiger partial charge in [0.15, 0.2) is 0 Å². The quantitative estimate of drug-likeness (QED) is 0.744. The molecule has 5 heteroatoms. The summed E-state index contributed by atoms with van der Waals surface area (Å²) in [5.74, 6) is -0.296. The first-order valence-corrected chi connectivity index (χ1v) is 4.05. The van der Waals surface area contributed by atoms with Gasteiger partial charge < -0.3 is 4.74 Å². The van der Waals surface area contributed by atoms with Crippen LogP contribution in [0.2, 0.25) is 0 Å². The van der Waals surface area contributed by atoms with Crippen molar-refractivity contribution in [3.8, 4) is 5.75 Å². The third-order valence-electron chi connectivity index (χ3n) is 1.27. The van der Waals surface area contributed by atoms with Crippen LogP contribution in [0, 0.1) is 6.92 Å². The van der Waals surface area contributed by atoms with E-state index >= 15 is 0 Å². The van der Waals surface area contributed by atoms with Gasteiger partial charge in [0, 0.05) is 0 Å². The molecule has 0 aliphatic carbocycles. The first-order chi connectivity index (χ1) is 5.90. The molecule has 0 aromatic heterocycles. The molecule has 0 saturated heterocycles. The third-order valence-corrected chi connectivity index (χ3v) is 1.89. The Labute approximate surface area is 81.6 Å². The largest absolute Gasteiger partial charge is 0.573 e. The second kappa shape index (κ2) is 3.57. The van der Waals surface area contributed by atoms with Gasteiger partial charge in [-0.15, -0.1) is 13.2 Å². The molecule has 13 heavy (non-hydrogen) atoms. The van der Waals surface area contributed by atoms with Crippen LogP contribution < -0.4 is 4.74 Å². The molecular weight excluding hydrogens is 249 g/mol. The summed E-state index contributed by atoms with van der Waals surface area (Å²) < 4.78 is 39.5. The summed E-state index contributed by atoms with van der Waals surface area (Å²) in [5, 5.41) is 0. The Bertz CT molecular complexity index is 288. The average molecular weight is 254 g/mol. The SMILES string of the molecule is [CH2]c1cccc(Br)c1OC(F)(F)F. The van der Waals surface area contributed by atoms with Gasteiger partial charge in [0.05, 0.1) is 4.47 Å². The van der Waals surface area contributed by atoms with Crippen molar-refractivity contribution in [2.45, 2.75) is 6.36 Å². The second-order valence-corrected chi connectivity index (χ2v) is 3.13. The molecule has 0 aliphatic rings. The minimum absolute atomic E-state index is 0.187. The lowest BCUT2D eigenvalue weighted by atomic mass is 10.2. The highest BCUT2D eigenvalue weighted by molar-refractivity contribution is 9.10. The molecule has 0 heterocycles. The zero-order valence-corrected chi connectivity index (χ0v) is 7.95. The van der Waals surface area contributed by atoms with E-state index in [0.29, 0.717) is 0 Å². The van der Waals surface area contributed by atoms with Crippen LogP contribution in [-0.2, 0) is 0 Å². The summed E-state index contributed by atoms with van der Waals surface area (Å²) in [6.45, 7) is 3.41. The molecule has 1 radical (unpaired) electrons. The lowest BCUT2D eigenvalue weighted by Gasteiger charge is -2.12. The zero-order valence-electron chi connectivity index (χ0n) is 6.36. The van der Waals surface area contributed by atoms with Crippen molar-refractivity contribution in [2.24, 2.45) is 0 Å². The highest BCUT2D eigenvalue weighted by Gasteiger charge is 2.32. The van der Waals surface area contributed by atoms with Crippen LogP contribution in [0.4, 0.5) is 13.2 Å². The van der Waals surface area contributed by atoms with E-state index in [1.165, 1.54) is 12.1 Å². The maximum Gasteiger partial charge on any atom is 0.573 e. The molecule has 0 spiro atoms. The smallest absolute Gasteiger partial charge is 0.404 e. The maximum atomic E-state index is 11.8. The molecule has 1 aromatic rings. The third kappa shape index (κ3) is 2.91. The Morgan fingerprint density at radius 3 is 2.38 bits per heavy atom. The van der Waals surface area contributed by atoms with E-state index in [0.717, 1.165) is 0 Å². The molecule has 1 rings (SSSR count). The Morgan fingerprint density at radius 2 is 1.92 bits per heavy atom. The molecule has 0 amide bonds. The topological polar surface area (TPSA) is 9.23 Å². The number of benzene rings is 1. The van der Waals surface area contributed by atoms with E-state index < -0.39 is 6.36 Å². The van der Waals surface area contributed by atoms with Crippen LogP contribution in [0.3, 0.4) is 0 Å². The van der Waals surface area contributed by atoms with Crippen molar-refractivity contribution < 1.29 is 17.9 Å². The maximum absolute atomic E-state index is 11.8. The lowest BCUT2D eigenvalue weighted by Crippen LogP contribution is -2.18. The zero-order chi connectivity index (χ0) is 10.1. The van der Waals surface area contributed by atoms with Crippen molar-refractivity contribution in [3.05, 3.63) is 35.2 Å². The van der Waals surface area contributed by atoms with E-state index in [1.807, 2.05) is 0 Å². The molecule has 0 N–H and O–H groups in total. The summed E-state index contributed by atoms with van der Waals surface area (Å²) in [6.07, 6.45) is -4.68. The number of para-hydroxylation sites is 1. The number of alkyl halides is 3. The molecule has 1 nitrogen and oxygen atoms in total. The number of halogens is 4. The Morgan fingerprint density at radius 1 is 1.31 bits per heavy atom. The van der Waals surface area contributed by atoms with Crippen molar-refractivity contribution >= 4 is 15.9 Å². The van der Waals surface area contributed by atoms with E-state index in [2.05, 4.69) is 27.6 Å². The minimum atomic E-state index is -4.68.